The number of rotatable bonds is 7. The molecule has 0 saturated carbocycles. The molecule has 1 N–H and O–H groups in total. The summed E-state index contributed by atoms with van der Waals surface area (Å²) in [7, 11) is -4.05. The van der Waals surface area contributed by atoms with Crippen molar-refractivity contribution in [1.29, 1.82) is 0 Å². The fraction of sp³-hybridized carbons (Fsp3) is 0.0714. The summed E-state index contributed by atoms with van der Waals surface area (Å²) >= 11 is 0. The third-order valence-corrected chi connectivity index (χ3v) is 7.84. The zero-order chi connectivity index (χ0) is 25.3. The van der Waals surface area contributed by atoms with E-state index in [1.165, 1.54) is 10.4 Å². The molecule has 0 amide bonds. The normalized spacial score (nSPS) is 11.5. The number of nitro benzene ring substituents is 1. The van der Waals surface area contributed by atoms with E-state index in [9.17, 15) is 18.5 Å². The number of fused-ring (bicyclic) bond motifs is 1. The van der Waals surface area contributed by atoms with Crippen LogP contribution in [-0.2, 0) is 16.6 Å². The Morgan fingerprint density at radius 3 is 2.11 bits per heavy atom. The molecular weight excluding hydrogens is 474 g/mol. The lowest BCUT2D eigenvalue weighted by molar-refractivity contribution is -0.383. The van der Waals surface area contributed by atoms with Crippen LogP contribution in [0, 0.1) is 17.0 Å². The van der Waals surface area contributed by atoms with E-state index in [2.05, 4.69) is 4.98 Å². The highest BCUT2D eigenvalue weighted by atomic mass is 32.2. The number of nitrogens with zero attached hydrogens (tertiary/aromatic N) is 2. The fourth-order valence-corrected chi connectivity index (χ4v) is 5.73. The van der Waals surface area contributed by atoms with Crippen molar-refractivity contribution >= 4 is 32.4 Å². The topological polar surface area (TPSA) is 96.3 Å². The Labute approximate surface area is 208 Å². The number of para-hydroxylation sites is 1. The van der Waals surface area contributed by atoms with E-state index in [0.29, 0.717) is 10.9 Å². The van der Waals surface area contributed by atoms with Crippen LogP contribution in [0.5, 0.6) is 0 Å². The largest absolute Gasteiger partial charge is 0.334 e. The number of non-ortho nitro benzene ring substituents is 1. The second-order valence-corrected chi connectivity index (χ2v) is 10.3. The number of aromatic amines is 1. The van der Waals surface area contributed by atoms with Gasteiger partial charge in [-0.15, -0.1) is 0 Å². The summed E-state index contributed by atoms with van der Waals surface area (Å²) in [5.41, 5.74) is 3.20. The second-order valence-electron chi connectivity index (χ2n) is 8.48. The van der Waals surface area contributed by atoms with Crippen molar-refractivity contribution in [2.24, 2.45) is 0 Å². The minimum absolute atomic E-state index is 0.0392. The molecular formula is C28H23N3O4S. The first-order valence-electron chi connectivity index (χ1n) is 11.3. The minimum atomic E-state index is -4.05. The molecule has 7 nitrogen and oxygen atoms in total. The zero-order valence-corrected chi connectivity index (χ0v) is 20.3. The van der Waals surface area contributed by atoms with Crippen molar-refractivity contribution in [2.75, 3.05) is 4.31 Å². The van der Waals surface area contributed by atoms with E-state index >= 15 is 0 Å². The number of benzene rings is 4. The van der Waals surface area contributed by atoms with E-state index in [0.717, 1.165) is 16.7 Å². The highest BCUT2D eigenvalue weighted by molar-refractivity contribution is 7.92. The smallest absolute Gasteiger partial charge is 0.293 e. The molecule has 4 aromatic carbocycles. The number of sulfonamides is 1. The number of aromatic nitrogens is 1. The van der Waals surface area contributed by atoms with Crippen LogP contribution >= 0.6 is 0 Å². The second kappa shape index (κ2) is 9.31. The van der Waals surface area contributed by atoms with Gasteiger partial charge in [-0.25, -0.2) is 12.7 Å². The molecule has 180 valence electrons. The molecule has 0 atom stereocenters. The molecule has 0 aliphatic rings. The minimum Gasteiger partial charge on any atom is -0.334 e. The van der Waals surface area contributed by atoms with Crippen molar-refractivity contribution in [1.82, 2.24) is 4.98 Å². The van der Waals surface area contributed by atoms with Gasteiger partial charge in [-0.2, -0.15) is 0 Å². The Balaban J connectivity index is 1.82. The van der Waals surface area contributed by atoms with E-state index in [1.54, 1.807) is 36.4 Å². The molecule has 1 aromatic heterocycles. The predicted molar refractivity (Wildman–Crippen MR) is 141 cm³/mol. The van der Waals surface area contributed by atoms with Gasteiger partial charge in [0.2, 0.25) is 0 Å². The first-order valence-corrected chi connectivity index (χ1v) is 12.8. The molecule has 0 aliphatic carbocycles. The quantitative estimate of drug-likeness (QED) is 0.206. The van der Waals surface area contributed by atoms with E-state index in [1.807, 2.05) is 67.6 Å². The highest BCUT2D eigenvalue weighted by Crippen LogP contribution is 2.42. The molecule has 0 radical (unpaired) electrons. The standard InChI is InChI=1S/C28H23N3O4S/c1-20-15-17-23(18-16-20)36(34,35)30(19-21-9-4-2-5-10-21)28-26(22-11-6-3-7-12-22)24-13-8-14-25(31(32)33)27(24)29-28/h2-18,29H,19H2,1H3. The zero-order valence-electron chi connectivity index (χ0n) is 19.5. The number of hydrogen-bond acceptors (Lipinski definition) is 4. The summed E-state index contributed by atoms with van der Waals surface area (Å²) in [5.74, 6) is 0.273. The third-order valence-electron chi connectivity index (χ3n) is 6.08. The number of H-pyrrole nitrogens is 1. The van der Waals surface area contributed by atoms with Crippen LogP contribution in [0.4, 0.5) is 11.5 Å². The molecule has 0 saturated heterocycles. The molecule has 5 aromatic rings. The summed E-state index contributed by atoms with van der Waals surface area (Å²) in [4.78, 5) is 14.6. The van der Waals surface area contributed by atoms with Gasteiger partial charge in [0.25, 0.3) is 15.7 Å². The molecule has 0 bridgehead atoms. The van der Waals surface area contributed by atoms with Crippen molar-refractivity contribution in [2.45, 2.75) is 18.4 Å². The van der Waals surface area contributed by atoms with E-state index in [4.69, 9.17) is 0 Å². The lowest BCUT2D eigenvalue weighted by Crippen LogP contribution is -2.31. The Hall–Kier alpha value is -4.43. The summed E-state index contributed by atoms with van der Waals surface area (Å²) in [6.07, 6.45) is 0. The van der Waals surface area contributed by atoms with Crippen molar-refractivity contribution in [3.05, 3.63) is 124 Å². The number of aryl methyl sites for hydroxylation is 1. The third kappa shape index (κ3) is 4.23. The van der Waals surface area contributed by atoms with Crippen molar-refractivity contribution in [3.63, 3.8) is 0 Å². The van der Waals surface area contributed by atoms with Gasteiger partial charge >= 0.3 is 0 Å². The summed E-state index contributed by atoms with van der Waals surface area (Å²) in [6.45, 7) is 1.93. The Morgan fingerprint density at radius 2 is 1.47 bits per heavy atom. The SMILES string of the molecule is Cc1ccc(S(=O)(=O)N(Cc2ccccc2)c2[nH]c3c([N+](=O)[O-])cccc3c2-c2ccccc2)cc1. The maximum atomic E-state index is 14.1. The Bertz CT molecular complexity index is 1650. The van der Waals surface area contributed by atoms with Crippen LogP contribution < -0.4 is 4.31 Å². The monoisotopic (exact) mass is 497 g/mol. The molecule has 5 rings (SSSR count). The average molecular weight is 498 g/mol. The predicted octanol–water partition coefficient (Wildman–Crippen LogP) is 6.45. The molecule has 0 spiro atoms. The molecule has 8 heteroatoms. The van der Waals surface area contributed by atoms with Gasteiger partial charge in [0.1, 0.15) is 11.3 Å². The van der Waals surface area contributed by atoms with Crippen LogP contribution in [0.3, 0.4) is 0 Å². The first kappa shape index (κ1) is 23.3. The van der Waals surface area contributed by atoms with Crippen molar-refractivity contribution < 1.29 is 13.3 Å². The molecule has 0 aliphatic heterocycles. The van der Waals surface area contributed by atoms with Gasteiger partial charge in [-0.1, -0.05) is 90.5 Å². The van der Waals surface area contributed by atoms with Crippen molar-refractivity contribution in [3.8, 4) is 11.1 Å². The van der Waals surface area contributed by atoms with E-state index < -0.39 is 14.9 Å². The van der Waals surface area contributed by atoms with Crippen LogP contribution in [0.25, 0.3) is 22.0 Å². The van der Waals surface area contributed by atoms with Gasteiger partial charge in [-0.3, -0.25) is 10.1 Å². The lowest BCUT2D eigenvalue weighted by atomic mass is 10.0. The van der Waals surface area contributed by atoms with Gasteiger partial charge < -0.3 is 4.98 Å². The number of hydrogen-bond donors (Lipinski definition) is 1. The maximum Gasteiger partial charge on any atom is 0.293 e. The van der Waals surface area contributed by atoms with Gasteiger partial charge in [0, 0.05) is 17.0 Å². The molecule has 0 fully saturated rings. The molecule has 1 heterocycles. The lowest BCUT2D eigenvalue weighted by Gasteiger charge is -2.25. The van der Waals surface area contributed by atoms with Gasteiger partial charge in [0.05, 0.1) is 16.4 Å². The van der Waals surface area contributed by atoms with Crippen LogP contribution in [0.1, 0.15) is 11.1 Å². The highest BCUT2D eigenvalue weighted by Gasteiger charge is 2.31. The summed E-state index contributed by atoms with van der Waals surface area (Å²) in [5, 5.41) is 12.4. The number of nitrogens with one attached hydrogen (secondary N) is 1. The summed E-state index contributed by atoms with van der Waals surface area (Å²) in [6, 6.07) is 30.0. The summed E-state index contributed by atoms with van der Waals surface area (Å²) < 4.78 is 29.5. The fourth-order valence-electron chi connectivity index (χ4n) is 4.30. The van der Waals surface area contributed by atoms with Gasteiger partial charge in [-0.05, 0) is 30.2 Å². The Morgan fingerprint density at radius 1 is 0.833 bits per heavy atom. The molecule has 0 unspecified atom stereocenters. The van der Waals surface area contributed by atoms with Crippen LogP contribution in [-0.4, -0.2) is 18.3 Å². The van der Waals surface area contributed by atoms with E-state index in [-0.39, 0.29) is 28.5 Å². The first-order chi connectivity index (χ1) is 17.4. The molecule has 36 heavy (non-hydrogen) atoms. The van der Waals surface area contributed by atoms with Crippen LogP contribution in [0.15, 0.2) is 108 Å². The number of anilines is 1. The number of nitro groups is 1. The maximum absolute atomic E-state index is 14.1. The average Bonchev–Trinajstić information content (AvgIpc) is 3.27. The van der Waals surface area contributed by atoms with Crippen LogP contribution in [0.2, 0.25) is 0 Å². The Kier molecular flexibility index (Phi) is 6.03. The van der Waals surface area contributed by atoms with Gasteiger partial charge in [0.15, 0.2) is 0 Å².